The summed E-state index contributed by atoms with van der Waals surface area (Å²) in [5.41, 5.74) is 5.92. The monoisotopic (exact) mass is 305 g/mol. The maximum absolute atomic E-state index is 11.9. The van der Waals surface area contributed by atoms with E-state index < -0.39 is 24.9 Å². The summed E-state index contributed by atoms with van der Waals surface area (Å²) in [6, 6.07) is 6.00. The molecule has 0 aromatic heterocycles. The van der Waals surface area contributed by atoms with Crippen LogP contribution in [0.3, 0.4) is 0 Å². The van der Waals surface area contributed by atoms with Crippen molar-refractivity contribution in [2.24, 2.45) is 5.73 Å². The van der Waals surface area contributed by atoms with Gasteiger partial charge in [-0.2, -0.15) is 0 Å². The van der Waals surface area contributed by atoms with Gasteiger partial charge >= 0.3 is 0 Å². The lowest BCUT2D eigenvalue weighted by atomic mass is 10.2. The SMILES string of the molecule is CN(c1cccc(C(=N)N)c1)S(=O)(=O)CS(C)(=O)=O. The Hall–Kier alpha value is -1.61. The van der Waals surface area contributed by atoms with E-state index in [0.29, 0.717) is 5.56 Å². The molecule has 1 rings (SSSR count). The molecule has 0 saturated carbocycles. The molecule has 0 atom stereocenters. The number of hydrogen-bond acceptors (Lipinski definition) is 5. The van der Waals surface area contributed by atoms with E-state index in [1.54, 1.807) is 12.1 Å². The zero-order valence-corrected chi connectivity index (χ0v) is 12.1. The van der Waals surface area contributed by atoms with Crippen LogP contribution in [0.1, 0.15) is 5.56 Å². The fraction of sp³-hybridized carbons (Fsp3) is 0.300. The third-order valence-corrected chi connectivity index (χ3v) is 6.25. The highest BCUT2D eigenvalue weighted by Gasteiger charge is 2.24. The molecule has 0 heterocycles. The van der Waals surface area contributed by atoms with Crippen LogP contribution in [0.2, 0.25) is 0 Å². The van der Waals surface area contributed by atoms with Crippen LogP contribution in [0.5, 0.6) is 0 Å². The quantitative estimate of drug-likeness (QED) is 0.573. The molecule has 19 heavy (non-hydrogen) atoms. The van der Waals surface area contributed by atoms with E-state index in [4.69, 9.17) is 11.1 Å². The Morgan fingerprint density at radius 2 is 1.89 bits per heavy atom. The van der Waals surface area contributed by atoms with Crippen molar-refractivity contribution in [1.29, 1.82) is 5.41 Å². The summed E-state index contributed by atoms with van der Waals surface area (Å²) in [7, 11) is -6.39. The number of nitrogens with one attached hydrogen (secondary N) is 1. The molecule has 1 aromatic rings. The molecule has 0 radical (unpaired) electrons. The standard InChI is InChI=1S/C10H15N3O4S2/c1-13(19(16,17)7-18(2,14)15)9-5-3-4-8(6-9)10(11)12/h3-6H,7H2,1-2H3,(H3,11,12). The van der Waals surface area contributed by atoms with Gasteiger partial charge in [-0.3, -0.25) is 9.71 Å². The Morgan fingerprint density at radius 1 is 1.32 bits per heavy atom. The number of rotatable bonds is 5. The minimum atomic E-state index is -3.98. The molecule has 7 nitrogen and oxygen atoms in total. The number of benzene rings is 1. The molecule has 1 aromatic carbocycles. The third-order valence-electron chi connectivity index (χ3n) is 2.30. The maximum Gasteiger partial charge on any atom is 0.249 e. The second-order valence-corrected chi connectivity index (χ2v) is 8.59. The van der Waals surface area contributed by atoms with Gasteiger partial charge in [-0.05, 0) is 12.1 Å². The summed E-state index contributed by atoms with van der Waals surface area (Å²) >= 11 is 0. The van der Waals surface area contributed by atoms with Crippen LogP contribution >= 0.6 is 0 Å². The highest BCUT2D eigenvalue weighted by Crippen LogP contribution is 2.18. The minimum absolute atomic E-state index is 0.198. The predicted octanol–water partition coefficient (Wildman–Crippen LogP) is -0.261. The first-order valence-electron chi connectivity index (χ1n) is 5.12. The molecule has 0 unspecified atom stereocenters. The zero-order valence-electron chi connectivity index (χ0n) is 10.5. The van der Waals surface area contributed by atoms with Crippen molar-refractivity contribution in [3.63, 3.8) is 0 Å². The first-order chi connectivity index (χ1) is 8.53. The normalized spacial score (nSPS) is 12.1. The summed E-state index contributed by atoms with van der Waals surface area (Å²) in [6.07, 6.45) is 0.852. The predicted molar refractivity (Wildman–Crippen MR) is 74.5 cm³/mol. The summed E-state index contributed by atoms with van der Waals surface area (Å²) in [5.74, 6) is -0.198. The van der Waals surface area contributed by atoms with Gasteiger partial charge in [0.1, 0.15) is 5.84 Å². The van der Waals surface area contributed by atoms with Crippen molar-refractivity contribution in [3.8, 4) is 0 Å². The van der Waals surface area contributed by atoms with Crippen LogP contribution in [0, 0.1) is 5.41 Å². The van der Waals surface area contributed by atoms with Gasteiger partial charge in [0, 0.05) is 18.9 Å². The van der Waals surface area contributed by atoms with Crippen LogP contribution < -0.4 is 10.0 Å². The number of anilines is 1. The smallest absolute Gasteiger partial charge is 0.249 e. The zero-order chi connectivity index (χ0) is 14.8. The molecule has 0 aliphatic carbocycles. The Balaban J connectivity index is 3.17. The van der Waals surface area contributed by atoms with Crippen LogP contribution in [-0.2, 0) is 19.9 Å². The topological polar surface area (TPSA) is 121 Å². The minimum Gasteiger partial charge on any atom is -0.384 e. The molecule has 0 saturated heterocycles. The van der Waals surface area contributed by atoms with Gasteiger partial charge in [0.25, 0.3) is 0 Å². The summed E-state index contributed by atoms with van der Waals surface area (Å²) in [5, 5.41) is 6.32. The van der Waals surface area contributed by atoms with Crippen molar-refractivity contribution in [3.05, 3.63) is 29.8 Å². The molecular formula is C10H15N3O4S2. The van der Waals surface area contributed by atoms with E-state index in [9.17, 15) is 16.8 Å². The van der Waals surface area contributed by atoms with Crippen molar-refractivity contribution in [2.75, 3.05) is 22.7 Å². The summed E-state index contributed by atoms with van der Waals surface area (Å²) < 4.78 is 46.8. The van der Waals surface area contributed by atoms with Crippen molar-refractivity contribution >= 4 is 31.4 Å². The highest BCUT2D eigenvalue weighted by atomic mass is 32.3. The van der Waals surface area contributed by atoms with Gasteiger partial charge in [-0.1, -0.05) is 12.1 Å². The van der Waals surface area contributed by atoms with Crippen LogP contribution in [0.25, 0.3) is 0 Å². The van der Waals surface area contributed by atoms with Crippen molar-refractivity contribution in [2.45, 2.75) is 0 Å². The largest absolute Gasteiger partial charge is 0.384 e. The molecule has 0 aliphatic rings. The highest BCUT2D eigenvalue weighted by molar-refractivity contribution is 8.08. The number of hydrogen-bond donors (Lipinski definition) is 2. The lowest BCUT2D eigenvalue weighted by Crippen LogP contribution is -2.32. The van der Waals surface area contributed by atoms with Crippen LogP contribution in [0.15, 0.2) is 24.3 Å². The summed E-state index contributed by atoms with van der Waals surface area (Å²) in [6.45, 7) is 0. The van der Waals surface area contributed by atoms with E-state index in [0.717, 1.165) is 10.6 Å². The van der Waals surface area contributed by atoms with Crippen LogP contribution in [-0.4, -0.2) is 41.1 Å². The first-order valence-corrected chi connectivity index (χ1v) is 8.79. The average Bonchev–Trinajstić information content (AvgIpc) is 2.25. The van der Waals surface area contributed by atoms with Gasteiger partial charge in [0.05, 0.1) is 5.69 Å². The molecule has 0 bridgehead atoms. The van der Waals surface area contributed by atoms with Crippen molar-refractivity contribution < 1.29 is 16.8 Å². The molecular weight excluding hydrogens is 290 g/mol. The molecule has 0 spiro atoms. The number of amidine groups is 1. The van der Waals surface area contributed by atoms with E-state index >= 15 is 0 Å². The Kier molecular flexibility index (Phi) is 4.21. The van der Waals surface area contributed by atoms with E-state index in [1.165, 1.54) is 19.2 Å². The van der Waals surface area contributed by atoms with Gasteiger partial charge in [0.15, 0.2) is 14.9 Å². The van der Waals surface area contributed by atoms with E-state index in [2.05, 4.69) is 0 Å². The van der Waals surface area contributed by atoms with Crippen LogP contribution in [0.4, 0.5) is 5.69 Å². The Labute approximate surface area is 112 Å². The number of nitrogens with two attached hydrogens (primary N) is 1. The van der Waals surface area contributed by atoms with E-state index in [1.807, 2.05) is 0 Å². The molecule has 106 valence electrons. The molecule has 3 N–H and O–H groups in total. The van der Waals surface area contributed by atoms with Gasteiger partial charge in [0.2, 0.25) is 10.0 Å². The number of sulfonamides is 1. The molecule has 9 heteroatoms. The van der Waals surface area contributed by atoms with E-state index in [-0.39, 0.29) is 11.5 Å². The fourth-order valence-electron chi connectivity index (χ4n) is 1.38. The third kappa shape index (κ3) is 4.21. The van der Waals surface area contributed by atoms with Gasteiger partial charge in [-0.15, -0.1) is 0 Å². The van der Waals surface area contributed by atoms with Gasteiger partial charge in [-0.25, -0.2) is 16.8 Å². The lowest BCUT2D eigenvalue weighted by Gasteiger charge is -2.19. The molecule has 0 aliphatic heterocycles. The lowest BCUT2D eigenvalue weighted by molar-refractivity contribution is 0.590. The number of nitrogens with zero attached hydrogens (tertiary/aromatic N) is 1. The van der Waals surface area contributed by atoms with Crippen molar-refractivity contribution in [1.82, 2.24) is 0 Å². The fourth-order valence-corrected chi connectivity index (χ4v) is 4.61. The van der Waals surface area contributed by atoms with Gasteiger partial charge < -0.3 is 5.73 Å². The summed E-state index contributed by atoms with van der Waals surface area (Å²) in [4.78, 5) is 0. The Morgan fingerprint density at radius 3 is 2.37 bits per heavy atom. The number of sulfone groups is 1. The average molecular weight is 305 g/mol. The Bertz CT molecular complexity index is 695. The number of nitrogen functional groups attached to an aromatic ring is 1. The molecule has 0 amide bonds. The second-order valence-electron chi connectivity index (χ2n) is 4.09. The maximum atomic E-state index is 11.9. The first kappa shape index (κ1) is 15.4. The second kappa shape index (κ2) is 5.17. The molecule has 0 fully saturated rings.